The standard InChI is InChI=1S/C15H21N3O6/c1-15(2,3)23-14(21)18-12(16)9-4-6-10(7-5-9)22-8-11(24-17)13(19)20/h4-7,11H,8,17H2,1-3H3,(H,19,20)(H2,16,18,21). The fraction of sp³-hybridized carbons (Fsp3) is 0.400. The molecule has 0 bridgehead atoms. The van der Waals surface area contributed by atoms with Gasteiger partial charge in [-0.25, -0.2) is 15.5 Å². The molecule has 0 aliphatic carbocycles. The lowest BCUT2D eigenvalue weighted by Gasteiger charge is -2.19. The number of rotatable bonds is 6. The molecule has 24 heavy (non-hydrogen) atoms. The Hall–Kier alpha value is -2.65. The van der Waals surface area contributed by atoms with Crippen LogP contribution in [-0.4, -0.2) is 41.3 Å². The molecule has 1 amide bonds. The van der Waals surface area contributed by atoms with E-state index in [1.165, 1.54) is 24.3 Å². The second kappa shape index (κ2) is 8.27. The van der Waals surface area contributed by atoms with Crippen molar-refractivity contribution in [2.45, 2.75) is 32.5 Å². The average molecular weight is 339 g/mol. The van der Waals surface area contributed by atoms with Gasteiger partial charge in [0.25, 0.3) is 0 Å². The summed E-state index contributed by atoms with van der Waals surface area (Å²) < 4.78 is 10.3. The van der Waals surface area contributed by atoms with Crippen molar-refractivity contribution in [1.29, 1.82) is 5.41 Å². The van der Waals surface area contributed by atoms with E-state index in [1.807, 2.05) is 0 Å². The third kappa shape index (κ3) is 6.63. The SMILES string of the molecule is CC(C)(C)OC(=O)NC(=N)c1ccc(OCC(ON)C(=O)O)cc1. The van der Waals surface area contributed by atoms with Crippen LogP contribution in [0.15, 0.2) is 24.3 Å². The zero-order valence-electron chi connectivity index (χ0n) is 13.7. The van der Waals surface area contributed by atoms with Gasteiger partial charge < -0.3 is 14.6 Å². The Morgan fingerprint density at radius 1 is 1.29 bits per heavy atom. The predicted molar refractivity (Wildman–Crippen MR) is 84.8 cm³/mol. The van der Waals surface area contributed by atoms with E-state index in [-0.39, 0.29) is 12.4 Å². The van der Waals surface area contributed by atoms with Gasteiger partial charge >= 0.3 is 12.1 Å². The van der Waals surface area contributed by atoms with Crippen molar-refractivity contribution >= 4 is 17.9 Å². The highest BCUT2D eigenvalue weighted by atomic mass is 16.6. The molecule has 0 fully saturated rings. The van der Waals surface area contributed by atoms with Crippen LogP contribution in [0.1, 0.15) is 26.3 Å². The topological polar surface area (TPSA) is 144 Å². The van der Waals surface area contributed by atoms with Crippen molar-refractivity contribution in [3.05, 3.63) is 29.8 Å². The van der Waals surface area contributed by atoms with Gasteiger partial charge in [0, 0.05) is 5.56 Å². The summed E-state index contributed by atoms with van der Waals surface area (Å²) in [4.78, 5) is 26.6. The number of hydrogen-bond acceptors (Lipinski definition) is 7. The van der Waals surface area contributed by atoms with E-state index < -0.39 is 23.8 Å². The first-order valence-corrected chi connectivity index (χ1v) is 7.02. The Labute approximate surface area is 139 Å². The van der Waals surface area contributed by atoms with Crippen molar-refractivity contribution in [3.8, 4) is 5.75 Å². The molecule has 9 nitrogen and oxygen atoms in total. The minimum atomic E-state index is -1.28. The normalized spacial score (nSPS) is 12.2. The van der Waals surface area contributed by atoms with Crippen LogP contribution in [0.5, 0.6) is 5.75 Å². The van der Waals surface area contributed by atoms with Gasteiger partial charge in [-0.3, -0.25) is 15.6 Å². The number of carboxylic acids is 1. The second-order valence-electron chi connectivity index (χ2n) is 5.80. The van der Waals surface area contributed by atoms with Gasteiger partial charge in [-0.05, 0) is 45.0 Å². The van der Waals surface area contributed by atoms with Crippen LogP contribution in [0.3, 0.4) is 0 Å². The number of amides is 1. The summed E-state index contributed by atoms with van der Waals surface area (Å²) in [6.45, 7) is 4.89. The third-order valence-corrected chi connectivity index (χ3v) is 2.61. The number of carboxylic acid groups (broad SMARTS) is 1. The van der Waals surface area contributed by atoms with Crippen LogP contribution in [-0.2, 0) is 14.4 Å². The Morgan fingerprint density at radius 3 is 2.33 bits per heavy atom. The largest absolute Gasteiger partial charge is 0.490 e. The summed E-state index contributed by atoms with van der Waals surface area (Å²) in [7, 11) is 0. The first-order valence-electron chi connectivity index (χ1n) is 7.02. The summed E-state index contributed by atoms with van der Waals surface area (Å²) in [5.74, 6) is 3.85. The fourth-order valence-electron chi connectivity index (χ4n) is 1.54. The van der Waals surface area contributed by atoms with E-state index in [1.54, 1.807) is 20.8 Å². The van der Waals surface area contributed by atoms with E-state index in [0.717, 1.165) is 0 Å². The highest BCUT2D eigenvalue weighted by Crippen LogP contribution is 2.13. The molecule has 1 atom stereocenters. The van der Waals surface area contributed by atoms with Crippen LogP contribution in [0, 0.1) is 5.41 Å². The van der Waals surface area contributed by atoms with Gasteiger partial charge in [-0.15, -0.1) is 0 Å². The highest BCUT2D eigenvalue weighted by Gasteiger charge is 2.19. The molecule has 0 heterocycles. The number of ether oxygens (including phenoxy) is 2. The quantitative estimate of drug-likeness (QED) is 0.347. The molecule has 0 aliphatic rings. The molecule has 0 radical (unpaired) electrons. The number of nitrogens with two attached hydrogens (primary N) is 1. The van der Waals surface area contributed by atoms with Crippen molar-refractivity contribution < 1.29 is 29.0 Å². The first kappa shape index (κ1) is 19.4. The highest BCUT2D eigenvalue weighted by molar-refractivity contribution is 6.04. The molecule has 0 saturated heterocycles. The molecule has 1 aromatic rings. The maximum Gasteiger partial charge on any atom is 0.413 e. The second-order valence-corrected chi connectivity index (χ2v) is 5.80. The number of carbonyl (C=O) groups excluding carboxylic acids is 1. The number of amidine groups is 1. The minimum Gasteiger partial charge on any atom is -0.490 e. The summed E-state index contributed by atoms with van der Waals surface area (Å²) in [5, 5.41) is 18.9. The van der Waals surface area contributed by atoms with Crippen molar-refractivity contribution in [1.82, 2.24) is 5.32 Å². The summed E-state index contributed by atoms with van der Waals surface area (Å²) >= 11 is 0. The van der Waals surface area contributed by atoms with Gasteiger partial charge in [0.1, 0.15) is 23.8 Å². The molecule has 5 N–H and O–H groups in total. The lowest BCUT2D eigenvalue weighted by molar-refractivity contribution is -0.152. The third-order valence-electron chi connectivity index (χ3n) is 2.61. The molecule has 0 aliphatic heterocycles. The fourth-order valence-corrected chi connectivity index (χ4v) is 1.54. The van der Waals surface area contributed by atoms with Gasteiger partial charge in [-0.1, -0.05) is 0 Å². The molecule has 0 saturated carbocycles. The smallest absolute Gasteiger partial charge is 0.413 e. The first-order chi connectivity index (χ1) is 11.1. The molecule has 1 unspecified atom stereocenters. The molecular weight excluding hydrogens is 318 g/mol. The van der Waals surface area contributed by atoms with Crippen molar-refractivity contribution in [3.63, 3.8) is 0 Å². The Morgan fingerprint density at radius 2 is 1.88 bits per heavy atom. The molecule has 0 aromatic heterocycles. The van der Waals surface area contributed by atoms with Crippen LogP contribution < -0.4 is 16.0 Å². The minimum absolute atomic E-state index is 0.135. The number of nitrogens with one attached hydrogen (secondary N) is 2. The van der Waals surface area contributed by atoms with Crippen molar-refractivity contribution in [2.75, 3.05) is 6.61 Å². The van der Waals surface area contributed by atoms with Crippen LogP contribution >= 0.6 is 0 Å². The van der Waals surface area contributed by atoms with E-state index >= 15 is 0 Å². The molecule has 1 aromatic carbocycles. The molecule has 132 valence electrons. The van der Waals surface area contributed by atoms with Gasteiger partial charge in [0.15, 0.2) is 0 Å². The maximum atomic E-state index is 11.6. The van der Waals surface area contributed by atoms with Gasteiger partial charge in [0.2, 0.25) is 6.10 Å². The maximum absolute atomic E-state index is 11.6. The zero-order chi connectivity index (χ0) is 18.3. The molecule has 9 heteroatoms. The summed E-state index contributed by atoms with van der Waals surface area (Å²) in [6.07, 6.45) is -2.01. The van der Waals surface area contributed by atoms with E-state index in [2.05, 4.69) is 10.2 Å². The lowest BCUT2D eigenvalue weighted by atomic mass is 10.2. The van der Waals surface area contributed by atoms with Crippen LogP contribution in [0.2, 0.25) is 0 Å². The zero-order valence-corrected chi connectivity index (χ0v) is 13.7. The van der Waals surface area contributed by atoms with Crippen LogP contribution in [0.4, 0.5) is 4.79 Å². The molecule has 0 spiro atoms. The number of alkyl carbamates (subject to hydrolysis) is 1. The number of benzene rings is 1. The molecular formula is C15H21N3O6. The Balaban J connectivity index is 2.59. The molecule has 1 rings (SSSR count). The van der Waals surface area contributed by atoms with E-state index in [0.29, 0.717) is 11.3 Å². The number of aliphatic carboxylic acids is 1. The lowest BCUT2D eigenvalue weighted by Crippen LogP contribution is -2.36. The van der Waals surface area contributed by atoms with E-state index in [4.69, 9.17) is 25.9 Å². The van der Waals surface area contributed by atoms with Crippen molar-refractivity contribution in [2.24, 2.45) is 5.90 Å². The monoisotopic (exact) mass is 339 g/mol. The summed E-state index contributed by atoms with van der Waals surface area (Å²) in [6, 6.07) is 6.12. The Bertz CT molecular complexity index is 594. The average Bonchev–Trinajstić information content (AvgIpc) is 2.46. The summed E-state index contributed by atoms with van der Waals surface area (Å²) in [5.41, 5.74) is -0.230. The number of carbonyl (C=O) groups is 2. The number of hydrogen-bond donors (Lipinski definition) is 4. The van der Waals surface area contributed by atoms with Gasteiger partial charge in [-0.2, -0.15) is 0 Å². The van der Waals surface area contributed by atoms with Crippen LogP contribution in [0.25, 0.3) is 0 Å². The predicted octanol–water partition coefficient (Wildman–Crippen LogP) is 1.26. The van der Waals surface area contributed by atoms with Gasteiger partial charge in [0.05, 0.1) is 0 Å². The Kier molecular flexibility index (Phi) is 6.69. The van der Waals surface area contributed by atoms with E-state index in [9.17, 15) is 9.59 Å².